The van der Waals surface area contributed by atoms with Crippen molar-refractivity contribution in [3.05, 3.63) is 95.5 Å². The van der Waals surface area contributed by atoms with Gasteiger partial charge in [-0.05, 0) is 42.8 Å². The first-order chi connectivity index (χ1) is 16.3. The van der Waals surface area contributed by atoms with E-state index in [1.807, 2.05) is 6.07 Å². The SMILES string of the molecule is C=CCOC(=O)C1=C(C)N(c2cccc(C(F)(F)F)c2)c2ncnn2C1c1ccc(C#N)cc1. The van der Waals surface area contributed by atoms with Crippen LogP contribution in [0, 0.1) is 11.3 Å². The summed E-state index contributed by atoms with van der Waals surface area (Å²) in [4.78, 5) is 18.9. The van der Waals surface area contributed by atoms with E-state index < -0.39 is 23.8 Å². The van der Waals surface area contributed by atoms with Crippen LogP contribution in [0.3, 0.4) is 0 Å². The van der Waals surface area contributed by atoms with Crippen molar-refractivity contribution < 1.29 is 22.7 Å². The molecule has 0 radical (unpaired) electrons. The highest BCUT2D eigenvalue weighted by molar-refractivity contribution is 5.93. The van der Waals surface area contributed by atoms with Crippen LogP contribution in [0.2, 0.25) is 0 Å². The van der Waals surface area contributed by atoms with Crippen molar-refractivity contribution in [2.24, 2.45) is 0 Å². The van der Waals surface area contributed by atoms with E-state index in [0.29, 0.717) is 16.8 Å². The number of hydrogen-bond donors (Lipinski definition) is 0. The van der Waals surface area contributed by atoms with Gasteiger partial charge in [0.25, 0.3) is 0 Å². The fourth-order valence-corrected chi connectivity index (χ4v) is 3.83. The fraction of sp³-hybridized carbons (Fsp3) is 0.167. The third kappa shape index (κ3) is 4.03. The Hall–Kier alpha value is -4.39. The molecule has 3 aromatic rings. The number of anilines is 2. The van der Waals surface area contributed by atoms with Gasteiger partial charge in [0.05, 0.1) is 22.8 Å². The zero-order valence-electron chi connectivity index (χ0n) is 18.0. The van der Waals surface area contributed by atoms with E-state index in [4.69, 9.17) is 10.00 Å². The molecule has 1 aliphatic heterocycles. The summed E-state index contributed by atoms with van der Waals surface area (Å²) in [5.74, 6) is -0.448. The molecule has 172 valence electrons. The molecule has 1 aromatic heterocycles. The van der Waals surface area contributed by atoms with E-state index in [1.165, 1.54) is 34.1 Å². The summed E-state index contributed by atoms with van der Waals surface area (Å²) >= 11 is 0. The molecule has 34 heavy (non-hydrogen) atoms. The van der Waals surface area contributed by atoms with E-state index in [9.17, 15) is 18.0 Å². The van der Waals surface area contributed by atoms with Crippen LogP contribution in [-0.4, -0.2) is 27.3 Å². The van der Waals surface area contributed by atoms with Crippen molar-refractivity contribution in [2.75, 3.05) is 11.5 Å². The average molecular weight is 465 g/mol. The molecule has 2 heterocycles. The molecule has 10 heteroatoms. The number of esters is 1. The Balaban J connectivity index is 1.92. The van der Waals surface area contributed by atoms with Crippen LogP contribution in [-0.2, 0) is 15.7 Å². The maximum Gasteiger partial charge on any atom is 0.416 e. The molecule has 1 aliphatic rings. The van der Waals surface area contributed by atoms with Crippen molar-refractivity contribution in [1.82, 2.24) is 14.8 Å². The predicted molar refractivity (Wildman–Crippen MR) is 117 cm³/mol. The van der Waals surface area contributed by atoms with E-state index in [0.717, 1.165) is 12.1 Å². The molecular weight excluding hydrogens is 447 g/mol. The van der Waals surface area contributed by atoms with Gasteiger partial charge in [-0.1, -0.05) is 30.9 Å². The molecule has 0 aliphatic carbocycles. The van der Waals surface area contributed by atoms with Gasteiger partial charge in [-0.2, -0.15) is 28.5 Å². The quantitative estimate of drug-likeness (QED) is 0.393. The largest absolute Gasteiger partial charge is 0.458 e. The maximum atomic E-state index is 13.4. The van der Waals surface area contributed by atoms with E-state index >= 15 is 0 Å². The number of aromatic nitrogens is 3. The smallest absolute Gasteiger partial charge is 0.416 e. The summed E-state index contributed by atoms with van der Waals surface area (Å²) in [5.41, 5.74) is 0.882. The molecule has 0 bridgehead atoms. The van der Waals surface area contributed by atoms with Crippen LogP contribution in [0.4, 0.5) is 24.8 Å². The first kappa shape index (κ1) is 22.8. The maximum absolute atomic E-state index is 13.4. The third-order valence-electron chi connectivity index (χ3n) is 5.34. The highest BCUT2D eigenvalue weighted by Gasteiger charge is 2.39. The predicted octanol–water partition coefficient (Wildman–Crippen LogP) is 4.91. The Bertz CT molecular complexity index is 1320. The minimum atomic E-state index is -4.55. The Morgan fingerprint density at radius 2 is 2.00 bits per heavy atom. The lowest BCUT2D eigenvalue weighted by Crippen LogP contribution is -2.34. The molecule has 1 atom stereocenters. The highest BCUT2D eigenvalue weighted by Crippen LogP contribution is 2.43. The summed E-state index contributed by atoms with van der Waals surface area (Å²) in [6, 6.07) is 12.6. The molecule has 4 rings (SSSR count). The van der Waals surface area contributed by atoms with Gasteiger partial charge in [-0.25, -0.2) is 9.48 Å². The van der Waals surface area contributed by atoms with Crippen molar-refractivity contribution in [3.63, 3.8) is 0 Å². The van der Waals surface area contributed by atoms with Gasteiger partial charge in [0.1, 0.15) is 19.0 Å². The molecule has 0 spiro atoms. The Kier molecular flexibility index (Phi) is 5.94. The number of alkyl halides is 3. The van der Waals surface area contributed by atoms with Crippen LogP contribution in [0.25, 0.3) is 0 Å². The standard InChI is InChI=1S/C24H18F3N5O2/c1-3-11-34-22(33)20-15(2)31(19-6-4-5-18(12-19)24(25,26)27)23-29-14-30-32(23)21(20)17-9-7-16(13-28)8-10-17/h3-10,12,14,21H,1,11H2,2H3. The number of rotatable bonds is 5. The summed E-state index contributed by atoms with van der Waals surface area (Å²) in [6.07, 6.45) is -1.87. The fourth-order valence-electron chi connectivity index (χ4n) is 3.83. The lowest BCUT2D eigenvalue weighted by atomic mass is 9.94. The second kappa shape index (κ2) is 8.86. The number of hydrogen-bond acceptors (Lipinski definition) is 6. The monoisotopic (exact) mass is 465 g/mol. The number of nitriles is 1. The molecular formula is C24H18F3N5O2. The second-order valence-electron chi connectivity index (χ2n) is 7.41. The van der Waals surface area contributed by atoms with Crippen LogP contribution in [0.15, 0.2) is 78.8 Å². The van der Waals surface area contributed by atoms with Crippen molar-refractivity contribution in [2.45, 2.75) is 19.1 Å². The number of carbonyl (C=O) groups is 1. The van der Waals surface area contributed by atoms with Gasteiger partial charge in [0, 0.05) is 11.4 Å². The number of benzene rings is 2. The summed E-state index contributed by atoms with van der Waals surface area (Å²) in [7, 11) is 0. The van der Waals surface area contributed by atoms with Crippen molar-refractivity contribution in [3.8, 4) is 6.07 Å². The van der Waals surface area contributed by atoms with Crippen LogP contribution >= 0.6 is 0 Å². The number of allylic oxidation sites excluding steroid dienone is 1. The molecule has 1 unspecified atom stereocenters. The van der Waals surface area contributed by atoms with E-state index in [2.05, 4.69) is 16.7 Å². The lowest BCUT2D eigenvalue weighted by Gasteiger charge is -2.35. The number of nitrogens with zero attached hydrogens (tertiary/aromatic N) is 5. The average Bonchev–Trinajstić information content (AvgIpc) is 3.30. The first-order valence-electron chi connectivity index (χ1n) is 10.1. The number of halogens is 3. The topological polar surface area (TPSA) is 84.0 Å². The van der Waals surface area contributed by atoms with Gasteiger partial charge in [0.2, 0.25) is 5.95 Å². The van der Waals surface area contributed by atoms with Gasteiger partial charge in [-0.15, -0.1) is 0 Å². The Morgan fingerprint density at radius 1 is 1.26 bits per heavy atom. The molecule has 7 nitrogen and oxygen atoms in total. The van der Waals surface area contributed by atoms with Crippen molar-refractivity contribution in [1.29, 1.82) is 5.26 Å². The normalized spacial score (nSPS) is 15.5. The number of ether oxygens (including phenoxy) is 1. The second-order valence-corrected chi connectivity index (χ2v) is 7.41. The summed E-state index contributed by atoms with van der Waals surface area (Å²) < 4.78 is 46.9. The van der Waals surface area contributed by atoms with E-state index in [1.54, 1.807) is 31.2 Å². The van der Waals surface area contributed by atoms with E-state index in [-0.39, 0.29) is 23.8 Å². The minimum absolute atomic E-state index is 0.0521. The van der Waals surface area contributed by atoms with Gasteiger partial charge in [0.15, 0.2) is 0 Å². The number of carbonyl (C=O) groups excluding carboxylic acids is 1. The van der Waals surface area contributed by atoms with Crippen LogP contribution < -0.4 is 4.90 Å². The Morgan fingerprint density at radius 3 is 2.65 bits per heavy atom. The minimum Gasteiger partial charge on any atom is -0.458 e. The summed E-state index contributed by atoms with van der Waals surface area (Å²) in [6.45, 7) is 5.11. The molecule has 0 saturated heterocycles. The zero-order chi connectivity index (χ0) is 24.5. The third-order valence-corrected chi connectivity index (χ3v) is 5.34. The molecule has 0 saturated carbocycles. The zero-order valence-corrected chi connectivity index (χ0v) is 18.0. The summed E-state index contributed by atoms with van der Waals surface area (Å²) in [5, 5.41) is 13.4. The van der Waals surface area contributed by atoms with Gasteiger partial charge < -0.3 is 4.74 Å². The van der Waals surface area contributed by atoms with Gasteiger partial charge >= 0.3 is 12.1 Å². The molecule has 0 fully saturated rings. The first-order valence-corrected chi connectivity index (χ1v) is 10.1. The van der Waals surface area contributed by atoms with Gasteiger partial charge in [-0.3, -0.25) is 4.90 Å². The molecule has 0 amide bonds. The highest BCUT2D eigenvalue weighted by atomic mass is 19.4. The number of fused-ring (bicyclic) bond motifs is 1. The Labute approximate surface area is 193 Å². The molecule has 2 aromatic carbocycles. The van der Waals surface area contributed by atoms with Crippen molar-refractivity contribution >= 4 is 17.6 Å². The molecule has 0 N–H and O–H groups in total. The van der Waals surface area contributed by atoms with Crippen LogP contribution in [0.5, 0.6) is 0 Å². The van der Waals surface area contributed by atoms with Crippen LogP contribution in [0.1, 0.15) is 29.7 Å². The lowest BCUT2D eigenvalue weighted by molar-refractivity contribution is -0.139.